The highest BCUT2D eigenvalue weighted by Gasteiger charge is 2.12. The quantitative estimate of drug-likeness (QED) is 0.874. The number of benzene rings is 1. The molecule has 2 N–H and O–H groups in total. The van der Waals surface area contributed by atoms with Crippen molar-refractivity contribution >= 4 is 0 Å². The van der Waals surface area contributed by atoms with Crippen molar-refractivity contribution in [1.82, 2.24) is 9.78 Å². The van der Waals surface area contributed by atoms with E-state index in [1.807, 2.05) is 38.4 Å². The van der Waals surface area contributed by atoms with Crippen LogP contribution < -0.4 is 15.2 Å². The van der Waals surface area contributed by atoms with Crippen molar-refractivity contribution in [1.29, 1.82) is 0 Å². The predicted molar refractivity (Wildman–Crippen MR) is 77.9 cm³/mol. The van der Waals surface area contributed by atoms with Crippen molar-refractivity contribution in [3.8, 4) is 11.5 Å². The molecular weight excluding hydrogens is 254 g/mol. The molecule has 1 atom stereocenters. The number of aromatic nitrogens is 2. The van der Waals surface area contributed by atoms with Gasteiger partial charge in [0.2, 0.25) is 0 Å². The van der Waals surface area contributed by atoms with Gasteiger partial charge in [0.25, 0.3) is 0 Å². The second-order valence-electron chi connectivity index (χ2n) is 4.94. The second kappa shape index (κ2) is 6.43. The number of para-hydroxylation sites is 1. The van der Waals surface area contributed by atoms with Gasteiger partial charge in [-0.05, 0) is 25.0 Å². The fourth-order valence-corrected chi connectivity index (χ4v) is 2.10. The minimum atomic E-state index is 0.0721. The molecule has 2 aromatic rings. The van der Waals surface area contributed by atoms with Gasteiger partial charge >= 0.3 is 0 Å². The summed E-state index contributed by atoms with van der Waals surface area (Å²) in [4.78, 5) is 0. The number of nitrogens with zero attached hydrogens (tertiary/aromatic N) is 2. The number of rotatable bonds is 6. The number of aryl methyl sites for hydroxylation is 1. The van der Waals surface area contributed by atoms with E-state index in [9.17, 15) is 0 Å². The Balaban J connectivity index is 2.19. The summed E-state index contributed by atoms with van der Waals surface area (Å²) in [6, 6.07) is 5.93. The van der Waals surface area contributed by atoms with Crippen LogP contribution in [0, 0.1) is 0 Å². The first-order chi connectivity index (χ1) is 9.60. The van der Waals surface area contributed by atoms with Crippen LogP contribution in [0.1, 0.15) is 18.1 Å². The lowest BCUT2D eigenvalue weighted by Crippen LogP contribution is -2.18. The summed E-state index contributed by atoms with van der Waals surface area (Å²) >= 11 is 0. The van der Waals surface area contributed by atoms with Crippen molar-refractivity contribution in [2.75, 3.05) is 7.11 Å². The summed E-state index contributed by atoms with van der Waals surface area (Å²) in [5, 5.41) is 4.13. The van der Waals surface area contributed by atoms with Gasteiger partial charge in [-0.15, -0.1) is 0 Å². The molecule has 108 valence electrons. The van der Waals surface area contributed by atoms with Crippen LogP contribution in [0.4, 0.5) is 0 Å². The Morgan fingerprint density at radius 2 is 2.20 bits per heavy atom. The van der Waals surface area contributed by atoms with E-state index >= 15 is 0 Å². The maximum absolute atomic E-state index is 5.93. The molecule has 0 aliphatic rings. The molecule has 2 rings (SSSR count). The van der Waals surface area contributed by atoms with Crippen LogP contribution in [0.5, 0.6) is 11.5 Å². The van der Waals surface area contributed by atoms with E-state index in [1.165, 1.54) is 0 Å². The number of nitrogens with two attached hydrogens (primary N) is 1. The molecular formula is C15H21N3O2. The topological polar surface area (TPSA) is 62.3 Å². The SMILES string of the molecule is COc1cccc(CC(C)N)c1OCc1cnn(C)c1. The van der Waals surface area contributed by atoms with Crippen LogP contribution in [-0.4, -0.2) is 22.9 Å². The third kappa shape index (κ3) is 3.51. The Kier molecular flexibility index (Phi) is 4.63. The Hall–Kier alpha value is -2.01. The molecule has 20 heavy (non-hydrogen) atoms. The normalized spacial score (nSPS) is 12.2. The zero-order valence-corrected chi connectivity index (χ0v) is 12.2. The maximum atomic E-state index is 5.93. The van der Waals surface area contributed by atoms with Crippen LogP contribution in [0.3, 0.4) is 0 Å². The fraction of sp³-hybridized carbons (Fsp3) is 0.400. The third-order valence-corrected chi connectivity index (χ3v) is 2.96. The molecule has 5 heteroatoms. The first-order valence-electron chi connectivity index (χ1n) is 6.62. The molecule has 0 saturated carbocycles. The highest BCUT2D eigenvalue weighted by molar-refractivity contribution is 5.47. The van der Waals surface area contributed by atoms with Gasteiger partial charge < -0.3 is 15.2 Å². The number of ether oxygens (including phenoxy) is 2. The van der Waals surface area contributed by atoms with Gasteiger partial charge in [0.05, 0.1) is 13.3 Å². The largest absolute Gasteiger partial charge is 0.493 e. The Morgan fingerprint density at radius 1 is 1.40 bits per heavy atom. The molecule has 1 heterocycles. The van der Waals surface area contributed by atoms with Gasteiger partial charge in [0.1, 0.15) is 6.61 Å². The van der Waals surface area contributed by atoms with Gasteiger partial charge in [0, 0.05) is 24.8 Å². The van der Waals surface area contributed by atoms with Crippen LogP contribution in [0.15, 0.2) is 30.6 Å². The van der Waals surface area contributed by atoms with Crippen molar-refractivity contribution in [2.24, 2.45) is 12.8 Å². The Bertz CT molecular complexity index is 564. The first-order valence-corrected chi connectivity index (χ1v) is 6.62. The lowest BCUT2D eigenvalue weighted by Gasteiger charge is -2.15. The molecule has 0 radical (unpaired) electrons. The standard InChI is InChI=1S/C15H21N3O2/c1-11(16)7-13-5-4-6-14(19-3)15(13)20-10-12-8-17-18(2)9-12/h4-6,8-9,11H,7,10,16H2,1-3H3. The van der Waals surface area contributed by atoms with Gasteiger partial charge in [-0.3, -0.25) is 4.68 Å². The van der Waals surface area contributed by atoms with Crippen molar-refractivity contribution in [2.45, 2.75) is 26.0 Å². The van der Waals surface area contributed by atoms with E-state index < -0.39 is 0 Å². The van der Waals surface area contributed by atoms with Crippen molar-refractivity contribution in [3.05, 3.63) is 41.7 Å². The molecule has 1 aromatic heterocycles. The summed E-state index contributed by atoms with van der Waals surface area (Å²) in [7, 11) is 3.52. The molecule has 1 aromatic carbocycles. The van der Waals surface area contributed by atoms with Gasteiger partial charge in [0.15, 0.2) is 11.5 Å². The van der Waals surface area contributed by atoms with Gasteiger partial charge in [-0.2, -0.15) is 5.10 Å². The van der Waals surface area contributed by atoms with Gasteiger partial charge in [-0.1, -0.05) is 12.1 Å². The Morgan fingerprint density at radius 3 is 2.80 bits per heavy atom. The maximum Gasteiger partial charge on any atom is 0.164 e. The summed E-state index contributed by atoms with van der Waals surface area (Å²) in [6.45, 7) is 2.44. The second-order valence-corrected chi connectivity index (χ2v) is 4.94. The van der Waals surface area contributed by atoms with E-state index in [-0.39, 0.29) is 6.04 Å². The fourth-order valence-electron chi connectivity index (χ4n) is 2.10. The summed E-state index contributed by atoms with van der Waals surface area (Å²) in [5.74, 6) is 1.49. The lowest BCUT2D eigenvalue weighted by molar-refractivity contribution is 0.281. The van der Waals surface area contributed by atoms with E-state index in [4.69, 9.17) is 15.2 Å². The molecule has 0 aliphatic heterocycles. The molecule has 0 amide bonds. The average molecular weight is 275 g/mol. The minimum Gasteiger partial charge on any atom is -0.493 e. The molecule has 0 fully saturated rings. The summed E-state index contributed by atoms with van der Waals surface area (Å²) in [5.41, 5.74) is 7.96. The molecule has 0 aliphatic carbocycles. The molecule has 0 bridgehead atoms. The van der Waals surface area contributed by atoms with E-state index in [1.54, 1.807) is 18.0 Å². The van der Waals surface area contributed by atoms with Gasteiger partial charge in [-0.25, -0.2) is 0 Å². The van der Waals surface area contributed by atoms with Crippen molar-refractivity contribution in [3.63, 3.8) is 0 Å². The van der Waals surface area contributed by atoms with E-state index in [2.05, 4.69) is 5.10 Å². The average Bonchev–Trinajstić information content (AvgIpc) is 2.82. The third-order valence-electron chi connectivity index (χ3n) is 2.96. The molecule has 5 nitrogen and oxygen atoms in total. The summed E-state index contributed by atoms with van der Waals surface area (Å²) in [6.07, 6.45) is 4.47. The first kappa shape index (κ1) is 14.4. The van der Waals surface area contributed by atoms with E-state index in [0.717, 1.165) is 29.0 Å². The smallest absolute Gasteiger partial charge is 0.164 e. The molecule has 0 saturated heterocycles. The van der Waals surface area contributed by atoms with Crippen molar-refractivity contribution < 1.29 is 9.47 Å². The number of hydrogen-bond acceptors (Lipinski definition) is 4. The predicted octanol–water partition coefficient (Wildman–Crippen LogP) is 1.90. The van der Waals surface area contributed by atoms with Crippen LogP contribution >= 0.6 is 0 Å². The zero-order valence-electron chi connectivity index (χ0n) is 12.2. The molecule has 1 unspecified atom stereocenters. The van der Waals surface area contributed by atoms with E-state index in [0.29, 0.717) is 6.61 Å². The Labute approximate surface area is 119 Å². The minimum absolute atomic E-state index is 0.0721. The van der Waals surface area contributed by atoms with Crippen LogP contribution in [-0.2, 0) is 20.1 Å². The summed E-state index contributed by atoms with van der Waals surface area (Å²) < 4.78 is 13.1. The number of methoxy groups -OCH3 is 1. The number of hydrogen-bond donors (Lipinski definition) is 1. The highest BCUT2D eigenvalue weighted by Crippen LogP contribution is 2.32. The van der Waals surface area contributed by atoms with Crippen LogP contribution in [0.25, 0.3) is 0 Å². The highest BCUT2D eigenvalue weighted by atomic mass is 16.5. The zero-order chi connectivity index (χ0) is 14.5. The van der Waals surface area contributed by atoms with Crippen LogP contribution in [0.2, 0.25) is 0 Å². The monoisotopic (exact) mass is 275 g/mol. The lowest BCUT2D eigenvalue weighted by atomic mass is 10.1. The molecule has 0 spiro atoms.